The van der Waals surface area contributed by atoms with Crippen LogP contribution in [0.5, 0.6) is 0 Å². The van der Waals surface area contributed by atoms with Gasteiger partial charge in [0.25, 0.3) is 0 Å². The molecule has 0 heterocycles. The first kappa shape index (κ1) is 14.3. The average Bonchev–Trinajstić information content (AvgIpc) is 2.18. The number of amides is 1. The van der Waals surface area contributed by atoms with Gasteiger partial charge in [-0.25, -0.2) is 4.79 Å². The zero-order valence-corrected chi connectivity index (χ0v) is 11.5. The van der Waals surface area contributed by atoms with Crippen molar-refractivity contribution < 1.29 is 9.53 Å². The average molecular weight is 242 g/mol. The van der Waals surface area contributed by atoms with Gasteiger partial charge in [0.15, 0.2) is 0 Å². The standard InChI is InChI=1S/C13H26N2O2/c1-10-7-5-6-8-13(10,14)9-15-11(16)17-12(2,3)4/h10H,5-9,14H2,1-4H3,(H,15,16). The van der Waals surface area contributed by atoms with Gasteiger partial charge in [0.2, 0.25) is 0 Å². The molecule has 1 aliphatic carbocycles. The molecule has 0 aromatic rings. The molecule has 2 atom stereocenters. The zero-order valence-electron chi connectivity index (χ0n) is 11.5. The lowest BCUT2D eigenvalue weighted by Gasteiger charge is -2.39. The number of hydrogen-bond donors (Lipinski definition) is 2. The predicted molar refractivity (Wildman–Crippen MR) is 68.8 cm³/mol. The van der Waals surface area contributed by atoms with Gasteiger partial charge in [-0.05, 0) is 39.5 Å². The molecule has 1 aliphatic rings. The summed E-state index contributed by atoms with van der Waals surface area (Å²) in [6, 6.07) is 0. The predicted octanol–water partition coefficient (Wildman–Crippen LogP) is 2.42. The van der Waals surface area contributed by atoms with Gasteiger partial charge in [0, 0.05) is 12.1 Å². The van der Waals surface area contributed by atoms with E-state index in [1.54, 1.807) is 0 Å². The van der Waals surface area contributed by atoms with E-state index in [2.05, 4.69) is 12.2 Å². The molecule has 100 valence electrons. The molecule has 0 saturated heterocycles. The number of rotatable bonds is 2. The second kappa shape index (κ2) is 5.25. The van der Waals surface area contributed by atoms with Crippen LogP contribution in [0.2, 0.25) is 0 Å². The molecular weight excluding hydrogens is 216 g/mol. The number of alkyl carbamates (subject to hydrolysis) is 1. The topological polar surface area (TPSA) is 64.3 Å². The molecule has 0 aromatic heterocycles. The third-order valence-electron chi connectivity index (χ3n) is 3.47. The Kier molecular flexibility index (Phi) is 4.42. The summed E-state index contributed by atoms with van der Waals surface area (Å²) in [6.45, 7) is 8.23. The van der Waals surface area contributed by atoms with E-state index in [1.165, 1.54) is 6.42 Å². The Bertz CT molecular complexity index is 273. The summed E-state index contributed by atoms with van der Waals surface area (Å²) in [7, 11) is 0. The van der Waals surface area contributed by atoms with E-state index in [0.717, 1.165) is 19.3 Å². The Morgan fingerprint density at radius 2 is 2.12 bits per heavy atom. The van der Waals surface area contributed by atoms with Gasteiger partial charge >= 0.3 is 6.09 Å². The lowest BCUT2D eigenvalue weighted by Crippen LogP contribution is -2.56. The molecular formula is C13H26N2O2. The van der Waals surface area contributed by atoms with Crippen molar-refractivity contribution in [1.29, 1.82) is 0 Å². The summed E-state index contributed by atoms with van der Waals surface area (Å²) < 4.78 is 5.20. The Morgan fingerprint density at radius 1 is 1.47 bits per heavy atom. The zero-order chi connectivity index (χ0) is 13.1. The molecule has 2 unspecified atom stereocenters. The second-order valence-corrected chi connectivity index (χ2v) is 6.24. The molecule has 4 heteroatoms. The molecule has 0 aromatic carbocycles. The first-order valence-electron chi connectivity index (χ1n) is 6.49. The van der Waals surface area contributed by atoms with E-state index in [9.17, 15) is 4.79 Å². The largest absolute Gasteiger partial charge is 0.444 e. The summed E-state index contributed by atoms with van der Waals surface area (Å²) in [4.78, 5) is 11.6. The van der Waals surface area contributed by atoms with Crippen LogP contribution >= 0.6 is 0 Å². The SMILES string of the molecule is CC1CCCCC1(N)CNC(=O)OC(C)(C)C. The Balaban J connectivity index is 2.41. The van der Waals surface area contributed by atoms with Crippen LogP contribution in [-0.2, 0) is 4.74 Å². The maximum absolute atomic E-state index is 11.6. The van der Waals surface area contributed by atoms with Crippen LogP contribution in [0.15, 0.2) is 0 Å². The maximum Gasteiger partial charge on any atom is 0.407 e. The van der Waals surface area contributed by atoms with Crippen LogP contribution in [0, 0.1) is 5.92 Å². The molecule has 0 radical (unpaired) electrons. The summed E-state index contributed by atoms with van der Waals surface area (Å²) in [5, 5.41) is 2.79. The molecule has 1 saturated carbocycles. The smallest absolute Gasteiger partial charge is 0.407 e. The highest BCUT2D eigenvalue weighted by molar-refractivity contribution is 5.67. The molecule has 3 N–H and O–H groups in total. The Labute approximate surface area is 104 Å². The van der Waals surface area contributed by atoms with Crippen LogP contribution in [0.4, 0.5) is 4.79 Å². The van der Waals surface area contributed by atoms with Gasteiger partial charge in [0.05, 0.1) is 0 Å². The highest BCUT2D eigenvalue weighted by atomic mass is 16.6. The second-order valence-electron chi connectivity index (χ2n) is 6.24. The monoisotopic (exact) mass is 242 g/mol. The lowest BCUT2D eigenvalue weighted by atomic mass is 9.74. The van der Waals surface area contributed by atoms with E-state index in [4.69, 9.17) is 10.5 Å². The van der Waals surface area contributed by atoms with Crippen LogP contribution < -0.4 is 11.1 Å². The first-order chi connectivity index (χ1) is 7.73. The van der Waals surface area contributed by atoms with Gasteiger partial charge in [-0.3, -0.25) is 0 Å². The third-order valence-corrected chi connectivity index (χ3v) is 3.47. The van der Waals surface area contributed by atoms with Crippen molar-refractivity contribution in [2.45, 2.75) is 64.5 Å². The molecule has 17 heavy (non-hydrogen) atoms. The van der Waals surface area contributed by atoms with E-state index in [0.29, 0.717) is 12.5 Å². The Morgan fingerprint density at radius 3 is 2.65 bits per heavy atom. The van der Waals surface area contributed by atoms with E-state index in [1.807, 2.05) is 20.8 Å². The molecule has 0 spiro atoms. The highest BCUT2D eigenvalue weighted by Gasteiger charge is 2.34. The van der Waals surface area contributed by atoms with Crippen LogP contribution in [0.1, 0.15) is 53.4 Å². The first-order valence-corrected chi connectivity index (χ1v) is 6.49. The summed E-state index contributed by atoms with van der Waals surface area (Å²) in [5.41, 5.74) is 5.62. The van der Waals surface area contributed by atoms with Crippen molar-refractivity contribution >= 4 is 6.09 Å². The van der Waals surface area contributed by atoms with Crippen LogP contribution in [0.25, 0.3) is 0 Å². The molecule has 1 rings (SSSR count). The normalized spacial score (nSPS) is 29.8. The molecule has 1 amide bonds. The number of ether oxygens (including phenoxy) is 1. The van der Waals surface area contributed by atoms with E-state index < -0.39 is 5.60 Å². The Hall–Kier alpha value is -0.770. The highest BCUT2D eigenvalue weighted by Crippen LogP contribution is 2.30. The minimum Gasteiger partial charge on any atom is -0.444 e. The van der Waals surface area contributed by atoms with Crippen molar-refractivity contribution in [2.24, 2.45) is 11.7 Å². The molecule has 0 aliphatic heterocycles. The van der Waals surface area contributed by atoms with Crippen molar-refractivity contribution in [2.75, 3.05) is 6.54 Å². The number of nitrogens with two attached hydrogens (primary N) is 1. The van der Waals surface area contributed by atoms with Crippen molar-refractivity contribution in [1.82, 2.24) is 5.32 Å². The fraction of sp³-hybridized carbons (Fsp3) is 0.923. The maximum atomic E-state index is 11.6. The van der Waals surface area contributed by atoms with Crippen molar-refractivity contribution in [3.05, 3.63) is 0 Å². The van der Waals surface area contributed by atoms with Crippen molar-refractivity contribution in [3.8, 4) is 0 Å². The molecule has 4 nitrogen and oxygen atoms in total. The third kappa shape index (κ3) is 4.54. The van der Waals surface area contributed by atoms with Gasteiger partial charge in [0.1, 0.15) is 5.60 Å². The van der Waals surface area contributed by atoms with Gasteiger partial charge in [-0.2, -0.15) is 0 Å². The van der Waals surface area contributed by atoms with E-state index in [-0.39, 0.29) is 11.6 Å². The van der Waals surface area contributed by atoms with Gasteiger partial charge < -0.3 is 15.8 Å². The number of hydrogen-bond acceptors (Lipinski definition) is 3. The number of carbonyl (C=O) groups excluding carboxylic acids is 1. The fourth-order valence-corrected chi connectivity index (χ4v) is 2.25. The van der Waals surface area contributed by atoms with Crippen molar-refractivity contribution in [3.63, 3.8) is 0 Å². The lowest BCUT2D eigenvalue weighted by molar-refractivity contribution is 0.0497. The quantitative estimate of drug-likeness (QED) is 0.781. The fourth-order valence-electron chi connectivity index (χ4n) is 2.25. The molecule has 1 fully saturated rings. The van der Waals surface area contributed by atoms with E-state index >= 15 is 0 Å². The summed E-state index contributed by atoms with van der Waals surface area (Å²) >= 11 is 0. The molecule has 0 bridgehead atoms. The number of carbonyl (C=O) groups is 1. The van der Waals surface area contributed by atoms with Gasteiger partial charge in [-0.15, -0.1) is 0 Å². The van der Waals surface area contributed by atoms with Gasteiger partial charge in [-0.1, -0.05) is 19.8 Å². The minimum absolute atomic E-state index is 0.269. The summed E-state index contributed by atoms with van der Waals surface area (Å²) in [5.74, 6) is 0.450. The minimum atomic E-state index is -0.454. The van der Waals surface area contributed by atoms with Crippen LogP contribution in [-0.4, -0.2) is 23.8 Å². The van der Waals surface area contributed by atoms with Crippen LogP contribution in [0.3, 0.4) is 0 Å². The summed E-state index contributed by atoms with van der Waals surface area (Å²) in [6.07, 6.45) is 4.14. The number of nitrogens with one attached hydrogen (secondary N) is 1.